The summed E-state index contributed by atoms with van der Waals surface area (Å²) in [6, 6.07) is 12.0. The van der Waals surface area contributed by atoms with Crippen LogP contribution in [-0.4, -0.2) is 16.7 Å². The summed E-state index contributed by atoms with van der Waals surface area (Å²) in [5.41, 5.74) is 1.08. The molecule has 3 rings (SSSR count). The van der Waals surface area contributed by atoms with Crippen molar-refractivity contribution in [3.05, 3.63) is 47.5 Å². The molecule has 0 bridgehead atoms. The molecule has 92 valence electrons. The molecule has 0 aromatic heterocycles. The molecule has 18 heavy (non-hydrogen) atoms. The predicted molar refractivity (Wildman–Crippen MR) is 68.6 cm³/mol. The fourth-order valence-electron chi connectivity index (χ4n) is 2.44. The molecule has 1 N–H and O–H groups in total. The SMILES string of the molecule is Cc1ccc(C2OC2(C)C(=O)O)c2ccccc12. The minimum Gasteiger partial charge on any atom is -0.479 e. The van der Waals surface area contributed by atoms with E-state index in [1.54, 1.807) is 6.92 Å². The number of hydrogen-bond acceptors (Lipinski definition) is 2. The zero-order chi connectivity index (χ0) is 12.9. The van der Waals surface area contributed by atoms with Gasteiger partial charge in [-0.3, -0.25) is 0 Å². The molecular formula is C15H14O3. The van der Waals surface area contributed by atoms with Crippen molar-refractivity contribution in [2.45, 2.75) is 25.6 Å². The Hall–Kier alpha value is -1.87. The van der Waals surface area contributed by atoms with E-state index in [4.69, 9.17) is 9.84 Å². The average Bonchev–Trinajstić information content (AvgIpc) is 3.04. The van der Waals surface area contributed by atoms with Crippen molar-refractivity contribution in [1.29, 1.82) is 0 Å². The molecule has 1 heterocycles. The number of benzene rings is 2. The number of aliphatic carboxylic acids is 1. The van der Waals surface area contributed by atoms with E-state index >= 15 is 0 Å². The molecule has 0 amide bonds. The number of carboxylic acid groups (broad SMARTS) is 1. The van der Waals surface area contributed by atoms with Crippen LogP contribution in [0.15, 0.2) is 36.4 Å². The van der Waals surface area contributed by atoms with Crippen LogP contribution in [0.25, 0.3) is 10.8 Å². The zero-order valence-corrected chi connectivity index (χ0v) is 10.3. The first-order chi connectivity index (χ1) is 8.54. The fourth-order valence-corrected chi connectivity index (χ4v) is 2.44. The Morgan fingerprint density at radius 2 is 1.89 bits per heavy atom. The highest BCUT2D eigenvalue weighted by molar-refractivity contribution is 5.91. The van der Waals surface area contributed by atoms with E-state index in [2.05, 4.69) is 13.0 Å². The first kappa shape index (κ1) is 11.2. The largest absolute Gasteiger partial charge is 0.479 e. The van der Waals surface area contributed by atoms with Crippen LogP contribution in [0.3, 0.4) is 0 Å². The second-order valence-corrected chi connectivity index (χ2v) is 4.93. The highest BCUT2D eigenvalue weighted by Gasteiger charge is 2.60. The summed E-state index contributed by atoms with van der Waals surface area (Å²) in [7, 11) is 0. The topological polar surface area (TPSA) is 49.8 Å². The molecule has 0 spiro atoms. The van der Waals surface area contributed by atoms with Crippen molar-refractivity contribution in [2.24, 2.45) is 0 Å². The van der Waals surface area contributed by atoms with Crippen LogP contribution in [0.1, 0.15) is 24.2 Å². The van der Waals surface area contributed by atoms with Crippen LogP contribution in [0.2, 0.25) is 0 Å². The lowest BCUT2D eigenvalue weighted by molar-refractivity contribution is -0.142. The van der Waals surface area contributed by atoms with E-state index in [1.165, 1.54) is 5.56 Å². The molecule has 2 atom stereocenters. The van der Waals surface area contributed by atoms with Gasteiger partial charge in [0, 0.05) is 0 Å². The van der Waals surface area contributed by atoms with E-state index in [1.807, 2.05) is 30.3 Å². The van der Waals surface area contributed by atoms with Crippen molar-refractivity contribution >= 4 is 16.7 Å². The molecule has 1 fully saturated rings. The zero-order valence-electron chi connectivity index (χ0n) is 10.3. The number of hydrogen-bond donors (Lipinski definition) is 1. The van der Waals surface area contributed by atoms with Crippen molar-refractivity contribution in [3.8, 4) is 0 Å². The Morgan fingerprint density at radius 3 is 2.50 bits per heavy atom. The van der Waals surface area contributed by atoms with Gasteiger partial charge in [0.15, 0.2) is 5.60 Å². The van der Waals surface area contributed by atoms with Gasteiger partial charge < -0.3 is 9.84 Å². The number of fused-ring (bicyclic) bond motifs is 1. The first-order valence-corrected chi connectivity index (χ1v) is 5.93. The number of epoxide rings is 1. The van der Waals surface area contributed by atoms with Crippen LogP contribution < -0.4 is 0 Å². The van der Waals surface area contributed by atoms with Gasteiger partial charge in [-0.2, -0.15) is 0 Å². The van der Waals surface area contributed by atoms with Gasteiger partial charge in [0.2, 0.25) is 0 Å². The second-order valence-electron chi connectivity index (χ2n) is 4.93. The molecule has 1 saturated heterocycles. The molecule has 1 aliphatic heterocycles. The fraction of sp³-hybridized carbons (Fsp3) is 0.267. The standard InChI is InChI=1S/C15H14O3/c1-9-7-8-12(11-6-4-3-5-10(9)11)13-15(2,18-13)14(16)17/h3-8,13H,1-2H3,(H,16,17). The van der Waals surface area contributed by atoms with E-state index in [-0.39, 0.29) is 6.10 Å². The molecule has 1 aliphatic rings. The average molecular weight is 242 g/mol. The lowest BCUT2D eigenvalue weighted by Crippen LogP contribution is -2.20. The van der Waals surface area contributed by atoms with Gasteiger partial charge in [0.1, 0.15) is 6.10 Å². The van der Waals surface area contributed by atoms with Crippen LogP contribution in [0.4, 0.5) is 0 Å². The molecule has 0 aliphatic carbocycles. The quantitative estimate of drug-likeness (QED) is 0.823. The van der Waals surface area contributed by atoms with Gasteiger partial charge >= 0.3 is 5.97 Å². The number of carboxylic acids is 1. The summed E-state index contributed by atoms with van der Waals surface area (Å²) in [5.74, 6) is -0.905. The third kappa shape index (κ3) is 1.44. The molecule has 2 aromatic rings. The highest BCUT2D eigenvalue weighted by atomic mass is 16.6. The summed E-state index contributed by atoms with van der Waals surface area (Å²) in [6.45, 7) is 3.67. The van der Waals surface area contributed by atoms with Gasteiger partial charge in [0.25, 0.3) is 0 Å². The Morgan fingerprint density at radius 1 is 1.22 bits per heavy atom. The van der Waals surface area contributed by atoms with Crippen molar-refractivity contribution in [3.63, 3.8) is 0 Å². The number of aryl methyl sites for hydroxylation is 1. The Labute approximate surface area is 105 Å². The van der Waals surface area contributed by atoms with Crippen molar-refractivity contribution in [1.82, 2.24) is 0 Å². The molecule has 0 saturated carbocycles. The van der Waals surface area contributed by atoms with Crippen molar-refractivity contribution < 1.29 is 14.6 Å². The third-order valence-electron chi connectivity index (χ3n) is 3.69. The molecular weight excluding hydrogens is 228 g/mol. The summed E-state index contributed by atoms with van der Waals surface area (Å²) >= 11 is 0. The van der Waals surface area contributed by atoms with Crippen LogP contribution in [-0.2, 0) is 9.53 Å². The maximum absolute atomic E-state index is 11.1. The van der Waals surface area contributed by atoms with Gasteiger partial charge in [-0.15, -0.1) is 0 Å². The summed E-state index contributed by atoms with van der Waals surface area (Å²) in [6.07, 6.45) is -0.347. The van der Waals surface area contributed by atoms with Gasteiger partial charge in [-0.1, -0.05) is 36.4 Å². The number of carbonyl (C=O) groups is 1. The third-order valence-corrected chi connectivity index (χ3v) is 3.69. The molecule has 3 nitrogen and oxygen atoms in total. The molecule has 3 heteroatoms. The van der Waals surface area contributed by atoms with E-state index in [9.17, 15) is 4.79 Å². The van der Waals surface area contributed by atoms with Crippen LogP contribution >= 0.6 is 0 Å². The molecule has 0 radical (unpaired) electrons. The first-order valence-electron chi connectivity index (χ1n) is 5.93. The predicted octanol–water partition coefficient (Wildman–Crippen LogP) is 3.06. The summed E-state index contributed by atoms with van der Waals surface area (Å²) in [5, 5.41) is 11.4. The number of rotatable bonds is 2. The van der Waals surface area contributed by atoms with E-state index in [0.29, 0.717) is 0 Å². The van der Waals surface area contributed by atoms with E-state index < -0.39 is 11.6 Å². The second kappa shape index (κ2) is 3.56. The minimum atomic E-state index is -1.07. The van der Waals surface area contributed by atoms with Gasteiger partial charge in [-0.05, 0) is 35.7 Å². The highest BCUT2D eigenvalue weighted by Crippen LogP contribution is 2.51. The Kier molecular flexibility index (Phi) is 2.22. The summed E-state index contributed by atoms with van der Waals surface area (Å²) in [4.78, 5) is 11.1. The van der Waals surface area contributed by atoms with Gasteiger partial charge in [0.05, 0.1) is 0 Å². The maximum atomic E-state index is 11.1. The minimum absolute atomic E-state index is 0.347. The summed E-state index contributed by atoms with van der Waals surface area (Å²) < 4.78 is 5.40. The lowest BCUT2D eigenvalue weighted by atomic mass is 9.94. The van der Waals surface area contributed by atoms with Crippen LogP contribution in [0, 0.1) is 6.92 Å². The number of ether oxygens (including phenoxy) is 1. The normalized spacial score (nSPS) is 26.2. The molecule has 2 aromatic carbocycles. The van der Waals surface area contributed by atoms with Crippen LogP contribution in [0.5, 0.6) is 0 Å². The maximum Gasteiger partial charge on any atom is 0.338 e. The Bertz CT molecular complexity index is 647. The van der Waals surface area contributed by atoms with Crippen molar-refractivity contribution in [2.75, 3.05) is 0 Å². The Balaban J connectivity index is 2.15. The van der Waals surface area contributed by atoms with Gasteiger partial charge in [-0.25, -0.2) is 4.79 Å². The lowest BCUT2D eigenvalue weighted by Gasteiger charge is -2.07. The monoisotopic (exact) mass is 242 g/mol. The van der Waals surface area contributed by atoms with E-state index in [0.717, 1.165) is 16.3 Å². The molecule has 2 unspecified atom stereocenters. The smallest absolute Gasteiger partial charge is 0.338 e.